The fraction of sp³-hybridized carbons (Fsp3) is 0.450. The summed E-state index contributed by atoms with van der Waals surface area (Å²) in [7, 11) is -3.97. The predicted octanol–water partition coefficient (Wildman–Crippen LogP) is 3.37. The van der Waals surface area contributed by atoms with Crippen LogP contribution in [0.5, 0.6) is 0 Å². The Balaban J connectivity index is 1.87. The summed E-state index contributed by atoms with van der Waals surface area (Å²) in [6.45, 7) is 2.56. The van der Waals surface area contributed by atoms with Crippen LogP contribution in [0, 0.1) is 11.8 Å². The number of benzene rings is 1. The topological polar surface area (TPSA) is 101 Å². The molecule has 0 aliphatic heterocycles. The van der Waals surface area contributed by atoms with Crippen LogP contribution in [0.3, 0.4) is 0 Å². The Morgan fingerprint density at radius 3 is 2.57 bits per heavy atom. The first-order chi connectivity index (χ1) is 13.4. The highest BCUT2D eigenvalue weighted by atomic mass is 32.2. The molecule has 0 aromatic heterocycles. The number of carbonyl (C=O) groups excluding carboxylic acids is 1. The predicted molar refractivity (Wildman–Crippen MR) is 108 cm³/mol. The molecule has 0 saturated carbocycles. The molecule has 8 heteroatoms. The van der Waals surface area contributed by atoms with Crippen molar-refractivity contribution in [2.24, 2.45) is 17.6 Å². The van der Waals surface area contributed by atoms with Gasteiger partial charge in [0.25, 0.3) is 10.0 Å². The summed E-state index contributed by atoms with van der Waals surface area (Å²) in [6.07, 6.45) is 8.51. The third-order valence-electron chi connectivity index (χ3n) is 4.81. The van der Waals surface area contributed by atoms with Gasteiger partial charge in [0.2, 0.25) is 0 Å². The monoisotopic (exact) mass is 409 g/mol. The molecule has 4 N–H and O–H groups in total. The van der Waals surface area contributed by atoms with Crippen LogP contribution in [0.1, 0.15) is 38.2 Å². The van der Waals surface area contributed by atoms with Crippen molar-refractivity contribution in [3.63, 3.8) is 0 Å². The van der Waals surface area contributed by atoms with Crippen LogP contribution in [-0.2, 0) is 16.6 Å². The molecule has 0 fully saturated rings. The number of urea groups is 1. The molecule has 1 aliphatic carbocycles. The average molecular weight is 410 g/mol. The van der Waals surface area contributed by atoms with Gasteiger partial charge in [-0.15, -0.1) is 0 Å². The quantitative estimate of drug-likeness (QED) is 0.582. The second kappa shape index (κ2) is 10.4. The van der Waals surface area contributed by atoms with Gasteiger partial charge in [-0.05, 0) is 42.5 Å². The van der Waals surface area contributed by atoms with Gasteiger partial charge in [-0.3, -0.25) is 0 Å². The van der Waals surface area contributed by atoms with Crippen molar-refractivity contribution in [2.75, 3.05) is 6.54 Å². The summed E-state index contributed by atoms with van der Waals surface area (Å²) < 4.78 is 40.6. The number of amides is 2. The Kier molecular flexibility index (Phi) is 8.19. The molecule has 2 amide bonds. The largest absolute Gasteiger partial charge is 0.337 e. The minimum atomic E-state index is -3.97. The number of halogens is 1. The van der Waals surface area contributed by atoms with Gasteiger partial charge in [-0.25, -0.2) is 22.3 Å². The van der Waals surface area contributed by atoms with Gasteiger partial charge in [-0.2, -0.15) is 0 Å². The molecule has 1 aliphatic rings. The first-order valence-corrected chi connectivity index (χ1v) is 11.0. The lowest BCUT2D eigenvalue weighted by Crippen LogP contribution is -2.40. The van der Waals surface area contributed by atoms with Gasteiger partial charge < -0.3 is 11.1 Å². The van der Waals surface area contributed by atoms with E-state index in [0.717, 1.165) is 24.8 Å². The van der Waals surface area contributed by atoms with Crippen LogP contribution >= 0.6 is 0 Å². The molecule has 2 atom stereocenters. The zero-order valence-corrected chi connectivity index (χ0v) is 16.8. The highest BCUT2D eigenvalue weighted by Gasteiger charge is 2.25. The molecule has 0 bridgehead atoms. The molecule has 154 valence electrons. The fourth-order valence-electron chi connectivity index (χ4n) is 3.20. The van der Waals surface area contributed by atoms with E-state index >= 15 is 0 Å². The maximum absolute atomic E-state index is 14.2. The molecule has 1 aromatic carbocycles. The highest BCUT2D eigenvalue weighted by molar-refractivity contribution is 7.90. The normalized spacial score (nSPS) is 19.2. The Morgan fingerprint density at radius 2 is 1.93 bits per heavy atom. The molecular formula is C20H28FN3O3S. The lowest BCUT2D eigenvalue weighted by atomic mass is 9.82. The maximum atomic E-state index is 14.2. The number of nitrogens with two attached hydrogens (primary N) is 1. The van der Waals surface area contributed by atoms with E-state index in [9.17, 15) is 17.6 Å². The summed E-state index contributed by atoms with van der Waals surface area (Å²) in [5, 5.41) is 2.51. The summed E-state index contributed by atoms with van der Waals surface area (Å²) in [5.41, 5.74) is 6.28. The van der Waals surface area contributed by atoms with Crippen molar-refractivity contribution >= 4 is 16.1 Å². The van der Waals surface area contributed by atoms with E-state index in [0.29, 0.717) is 13.0 Å². The third kappa shape index (κ3) is 6.17. The van der Waals surface area contributed by atoms with Crippen LogP contribution in [0.4, 0.5) is 9.18 Å². The zero-order chi connectivity index (χ0) is 20.6. The first-order valence-electron chi connectivity index (χ1n) is 9.51. The van der Waals surface area contributed by atoms with E-state index in [4.69, 9.17) is 5.73 Å². The van der Waals surface area contributed by atoms with Crippen molar-refractivity contribution in [1.82, 2.24) is 10.0 Å². The number of hydrogen-bond acceptors (Lipinski definition) is 4. The summed E-state index contributed by atoms with van der Waals surface area (Å²) in [4.78, 5) is 12.0. The van der Waals surface area contributed by atoms with Gasteiger partial charge in [0.05, 0.1) is 4.90 Å². The van der Waals surface area contributed by atoms with Gasteiger partial charge >= 0.3 is 6.03 Å². The average Bonchev–Trinajstić information content (AvgIpc) is 2.67. The SMILES string of the molecule is CCCCC1C=CC=C(F)C1CCNC(=O)NS(=O)(=O)c1ccc(CN)cc1. The van der Waals surface area contributed by atoms with Crippen LogP contribution in [-0.4, -0.2) is 21.0 Å². The van der Waals surface area contributed by atoms with Gasteiger partial charge in [0, 0.05) is 19.0 Å². The van der Waals surface area contributed by atoms with Gasteiger partial charge in [-0.1, -0.05) is 44.1 Å². The summed E-state index contributed by atoms with van der Waals surface area (Å²) in [5.74, 6) is -0.393. The van der Waals surface area contributed by atoms with E-state index in [1.807, 2.05) is 10.8 Å². The van der Waals surface area contributed by atoms with E-state index in [1.165, 1.54) is 18.2 Å². The molecule has 0 radical (unpaired) electrons. The van der Waals surface area contributed by atoms with Crippen LogP contribution in [0.25, 0.3) is 0 Å². The molecule has 0 spiro atoms. The van der Waals surface area contributed by atoms with E-state index in [1.54, 1.807) is 18.2 Å². The van der Waals surface area contributed by atoms with Gasteiger partial charge in [0.1, 0.15) is 5.83 Å². The van der Waals surface area contributed by atoms with Crippen molar-refractivity contribution in [3.8, 4) is 0 Å². The van der Waals surface area contributed by atoms with Crippen LogP contribution in [0.2, 0.25) is 0 Å². The molecule has 6 nitrogen and oxygen atoms in total. The minimum absolute atomic E-state index is 0.0223. The number of unbranched alkanes of at least 4 members (excludes halogenated alkanes) is 1. The van der Waals surface area contributed by atoms with E-state index < -0.39 is 16.1 Å². The number of nitrogens with one attached hydrogen (secondary N) is 2. The van der Waals surface area contributed by atoms with Crippen LogP contribution < -0.4 is 15.8 Å². The molecule has 2 rings (SSSR count). The van der Waals surface area contributed by atoms with E-state index in [2.05, 4.69) is 12.2 Å². The molecule has 1 aromatic rings. The molecule has 28 heavy (non-hydrogen) atoms. The van der Waals surface area contributed by atoms with Crippen molar-refractivity contribution < 1.29 is 17.6 Å². The number of rotatable bonds is 9. The number of sulfonamides is 1. The van der Waals surface area contributed by atoms with E-state index in [-0.39, 0.29) is 29.1 Å². The second-order valence-corrected chi connectivity index (χ2v) is 8.53. The third-order valence-corrected chi connectivity index (χ3v) is 6.16. The minimum Gasteiger partial charge on any atom is -0.337 e. The number of hydrogen-bond donors (Lipinski definition) is 3. The first kappa shape index (κ1) is 22.1. The zero-order valence-electron chi connectivity index (χ0n) is 16.0. The molecular weight excluding hydrogens is 381 g/mol. The Labute approximate surface area is 166 Å². The smallest absolute Gasteiger partial charge is 0.328 e. The van der Waals surface area contributed by atoms with Crippen molar-refractivity contribution in [2.45, 2.75) is 44.0 Å². The molecule has 0 heterocycles. The standard InChI is InChI=1S/C20H28FN3O3S/c1-2-3-5-16-6-4-7-19(21)18(16)12-13-23-20(25)24-28(26,27)17-10-8-15(14-22)9-11-17/h4,6-11,16,18H,2-3,5,12-14,22H2,1H3,(H2,23,24,25). The summed E-state index contributed by atoms with van der Waals surface area (Å²) in [6, 6.07) is 5.14. The Hall–Kier alpha value is -2.19. The lowest BCUT2D eigenvalue weighted by Gasteiger charge is -2.26. The number of carbonyl (C=O) groups is 1. The van der Waals surface area contributed by atoms with Gasteiger partial charge in [0.15, 0.2) is 0 Å². The molecule has 2 unspecified atom stereocenters. The van der Waals surface area contributed by atoms with Crippen molar-refractivity contribution in [3.05, 3.63) is 53.9 Å². The van der Waals surface area contributed by atoms with Crippen molar-refractivity contribution in [1.29, 1.82) is 0 Å². The highest BCUT2D eigenvalue weighted by Crippen LogP contribution is 2.33. The lowest BCUT2D eigenvalue weighted by molar-refractivity contribution is 0.243. The molecule has 0 saturated heterocycles. The summed E-state index contributed by atoms with van der Waals surface area (Å²) >= 11 is 0. The Bertz CT molecular complexity index is 820. The van der Waals surface area contributed by atoms with Crippen LogP contribution in [0.15, 0.2) is 53.2 Å². The number of allylic oxidation sites excluding steroid dienone is 4. The Morgan fingerprint density at radius 1 is 1.21 bits per heavy atom. The second-order valence-electron chi connectivity index (χ2n) is 6.85. The maximum Gasteiger partial charge on any atom is 0.328 e. The fourth-order valence-corrected chi connectivity index (χ4v) is 4.13.